The lowest BCUT2D eigenvalue weighted by molar-refractivity contribution is -0.420. The highest BCUT2D eigenvalue weighted by molar-refractivity contribution is 6.33. The van der Waals surface area contributed by atoms with Gasteiger partial charge in [-0.2, -0.15) is 0 Å². The summed E-state index contributed by atoms with van der Waals surface area (Å²) in [7, 11) is 0. The van der Waals surface area contributed by atoms with Crippen LogP contribution >= 0.6 is 0 Å². The van der Waals surface area contributed by atoms with E-state index in [1.165, 1.54) is 19.1 Å². The van der Waals surface area contributed by atoms with Gasteiger partial charge in [-0.3, -0.25) is 14.9 Å². The summed E-state index contributed by atoms with van der Waals surface area (Å²) >= 11 is 0. The van der Waals surface area contributed by atoms with Crippen LogP contribution in [0, 0.1) is 10.1 Å². The third-order valence-electron chi connectivity index (χ3n) is 1.69. The summed E-state index contributed by atoms with van der Waals surface area (Å²) in [5.41, 5.74) is -0.204. The van der Waals surface area contributed by atoms with Crippen molar-refractivity contribution in [3.63, 3.8) is 0 Å². The second-order valence-electron chi connectivity index (χ2n) is 2.92. The van der Waals surface area contributed by atoms with Crippen LogP contribution in [0.25, 0.3) is 0 Å². The highest BCUT2D eigenvalue weighted by Crippen LogP contribution is 2.11. The molecule has 0 aliphatic carbocycles. The van der Waals surface area contributed by atoms with E-state index in [4.69, 9.17) is 5.11 Å². The van der Waals surface area contributed by atoms with E-state index in [-0.39, 0.29) is 11.3 Å². The van der Waals surface area contributed by atoms with Crippen molar-refractivity contribution in [1.29, 1.82) is 0 Å². The molecule has 16 heavy (non-hydrogen) atoms. The molecule has 0 spiro atoms. The van der Waals surface area contributed by atoms with Crippen molar-refractivity contribution in [3.05, 3.63) is 46.2 Å². The minimum Gasteiger partial charge on any atom is -0.475 e. The number of carbonyl (C=O) groups excluding carboxylic acids is 1. The standard InChI is InChI=1S/C10H11NO5/c1-3-4-5-8(11(15)16)7(2)6-9(12)10(13)14/h3-5H,1,6H2,2H3,(H,13,14)/b5-4-,8-7-. The second kappa shape index (κ2) is 6.28. The molecule has 0 aromatic rings. The molecule has 0 fully saturated rings. The van der Waals surface area contributed by atoms with Crippen LogP contribution in [0.2, 0.25) is 0 Å². The molecule has 0 aromatic heterocycles. The van der Waals surface area contributed by atoms with Gasteiger partial charge in [-0.25, -0.2) is 4.79 Å². The second-order valence-corrected chi connectivity index (χ2v) is 2.92. The summed E-state index contributed by atoms with van der Waals surface area (Å²) in [6.07, 6.45) is 3.37. The maximum atomic E-state index is 10.9. The Kier molecular flexibility index (Phi) is 5.40. The number of Topliss-reactive ketones (excluding diaryl/α,β-unsaturated/α-hetero) is 1. The molecule has 0 atom stereocenters. The van der Waals surface area contributed by atoms with Crippen LogP contribution in [0.4, 0.5) is 0 Å². The van der Waals surface area contributed by atoms with E-state index in [1.807, 2.05) is 0 Å². The van der Waals surface area contributed by atoms with Crippen LogP contribution in [0.3, 0.4) is 0 Å². The fourth-order valence-electron chi connectivity index (χ4n) is 0.925. The molecule has 0 heterocycles. The smallest absolute Gasteiger partial charge is 0.372 e. The summed E-state index contributed by atoms with van der Waals surface area (Å²) in [5.74, 6) is -2.68. The number of carboxylic acids is 1. The molecule has 0 amide bonds. The minimum atomic E-state index is -1.60. The maximum absolute atomic E-state index is 10.9. The number of carboxylic acid groups (broad SMARTS) is 1. The summed E-state index contributed by atoms with van der Waals surface area (Å²) < 4.78 is 0. The van der Waals surface area contributed by atoms with Gasteiger partial charge in [-0.1, -0.05) is 18.7 Å². The van der Waals surface area contributed by atoms with Crippen LogP contribution in [-0.2, 0) is 9.59 Å². The number of ketones is 1. The number of hydrogen-bond acceptors (Lipinski definition) is 4. The van der Waals surface area contributed by atoms with Crippen molar-refractivity contribution in [2.75, 3.05) is 0 Å². The number of nitro groups is 1. The molecule has 0 unspecified atom stereocenters. The normalized spacial score (nSPS) is 12.1. The molecular formula is C10H11NO5. The predicted octanol–water partition coefficient (Wildman–Crippen LogP) is 1.32. The molecule has 0 aliphatic heterocycles. The van der Waals surface area contributed by atoms with Crippen LogP contribution in [0.5, 0.6) is 0 Å². The lowest BCUT2D eigenvalue weighted by Crippen LogP contribution is -2.13. The van der Waals surface area contributed by atoms with Crippen molar-refractivity contribution >= 4 is 11.8 Å². The monoisotopic (exact) mass is 225 g/mol. The number of nitrogens with zero attached hydrogens (tertiary/aromatic N) is 1. The Balaban J connectivity index is 5.05. The first kappa shape index (κ1) is 13.8. The summed E-state index contributed by atoms with van der Waals surface area (Å²) in [5, 5.41) is 19.0. The lowest BCUT2D eigenvalue weighted by atomic mass is 10.1. The number of allylic oxidation sites excluding steroid dienone is 4. The molecule has 1 N–H and O–H groups in total. The zero-order valence-corrected chi connectivity index (χ0v) is 8.67. The molecule has 0 radical (unpaired) electrons. The van der Waals surface area contributed by atoms with Gasteiger partial charge in [0.2, 0.25) is 5.78 Å². The van der Waals surface area contributed by atoms with E-state index >= 15 is 0 Å². The Morgan fingerprint density at radius 2 is 2.06 bits per heavy atom. The zero-order chi connectivity index (χ0) is 12.7. The maximum Gasteiger partial charge on any atom is 0.372 e. The van der Waals surface area contributed by atoms with Gasteiger partial charge in [-0.15, -0.1) is 0 Å². The molecule has 6 nitrogen and oxygen atoms in total. The SMILES string of the molecule is C=C/C=C\C(=C(/C)CC(=O)C(=O)O)[N+](=O)[O-]. The number of hydrogen-bond donors (Lipinski definition) is 1. The van der Waals surface area contributed by atoms with Gasteiger partial charge >= 0.3 is 5.97 Å². The molecule has 86 valence electrons. The van der Waals surface area contributed by atoms with Crippen LogP contribution < -0.4 is 0 Å². The lowest BCUT2D eigenvalue weighted by Gasteiger charge is -1.98. The predicted molar refractivity (Wildman–Crippen MR) is 56.3 cm³/mol. The van der Waals surface area contributed by atoms with E-state index in [0.29, 0.717) is 0 Å². The number of carbonyl (C=O) groups is 2. The largest absolute Gasteiger partial charge is 0.475 e. The summed E-state index contributed by atoms with van der Waals surface area (Å²) in [6, 6.07) is 0. The van der Waals surface area contributed by atoms with Gasteiger partial charge in [0.25, 0.3) is 5.70 Å². The van der Waals surface area contributed by atoms with E-state index in [0.717, 1.165) is 6.08 Å². The number of rotatable bonds is 6. The molecule has 0 bridgehead atoms. The Bertz CT molecular complexity index is 392. The average molecular weight is 225 g/mol. The minimum absolute atomic E-state index is 0.0931. The van der Waals surface area contributed by atoms with E-state index in [1.54, 1.807) is 0 Å². The highest BCUT2D eigenvalue weighted by Gasteiger charge is 2.18. The van der Waals surface area contributed by atoms with E-state index in [9.17, 15) is 19.7 Å². The average Bonchev–Trinajstić information content (AvgIpc) is 2.17. The van der Waals surface area contributed by atoms with Crippen molar-refractivity contribution in [3.8, 4) is 0 Å². The third-order valence-corrected chi connectivity index (χ3v) is 1.69. The molecular weight excluding hydrogens is 214 g/mol. The summed E-state index contributed by atoms with van der Waals surface area (Å²) in [6.45, 7) is 4.69. The Morgan fingerprint density at radius 3 is 2.44 bits per heavy atom. The van der Waals surface area contributed by atoms with Crippen molar-refractivity contribution in [2.24, 2.45) is 0 Å². The van der Waals surface area contributed by atoms with Crippen molar-refractivity contribution < 1.29 is 19.6 Å². The summed E-state index contributed by atoms with van der Waals surface area (Å²) in [4.78, 5) is 31.0. The molecule has 6 heteroatoms. The Hall–Kier alpha value is -2.24. The van der Waals surface area contributed by atoms with Crippen molar-refractivity contribution in [2.45, 2.75) is 13.3 Å². The van der Waals surface area contributed by atoms with Gasteiger partial charge < -0.3 is 5.11 Å². The van der Waals surface area contributed by atoms with Crippen molar-refractivity contribution in [1.82, 2.24) is 0 Å². The van der Waals surface area contributed by atoms with Gasteiger partial charge in [-0.05, 0) is 6.92 Å². The number of aliphatic carboxylic acids is 1. The quantitative estimate of drug-likeness (QED) is 0.318. The molecule has 0 saturated heterocycles. The Labute approximate surface area is 91.7 Å². The molecule has 0 rings (SSSR count). The first-order valence-electron chi connectivity index (χ1n) is 4.29. The molecule has 0 saturated carbocycles. The first-order chi connectivity index (χ1) is 7.40. The van der Waals surface area contributed by atoms with Crippen LogP contribution in [0.15, 0.2) is 36.1 Å². The van der Waals surface area contributed by atoms with Gasteiger partial charge in [0.05, 0.1) is 4.92 Å². The fraction of sp³-hybridized carbons (Fsp3) is 0.200. The first-order valence-corrected chi connectivity index (χ1v) is 4.29. The van der Waals surface area contributed by atoms with E-state index < -0.39 is 23.1 Å². The fourth-order valence-corrected chi connectivity index (χ4v) is 0.925. The highest BCUT2D eigenvalue weighted by atomic mass is 16.6. The zero-order valence-electron chi connectivity index (χ0n) is 8.67. The van der Waals surface area contributed by atoms with E-state index in [2.05, 4.69) is 6.58 Å². The van der Waals surface area contributed by atoms with Crippen LogP contribution in [0.1, 0.15) is 13.3 Å². The Morgan fingerprint density at radius 1 is 1.50 bits per heavy atom. The molecule has 0 aromatic carbocycles. The molecule has 0 aliphatic rings. The van der Waals surface area contributed by atoms with Crippen LogP contribution in [-0.4, -0.2) is 21.8 Å². The topological polar surface area (TPSA) is 97.5 Å². The van der Waals surface area contributed by atoms with Gasteiger partial charge in [0, 0.05) is 18.1 Å². The third kappa shape index (κ3) is 4.32. The van der Waals surface area contributed by atoms with Gasteiger partial charge in [0.15, 0.2) is 0 Å². The van der Waals surface area contributed by atoms with Gasteiger partial charge in [0.1, 0.15) is 0 Å².